The van der Waals surface area contributed by atoms with Crippen molar-refractivity contribution in [3.05, 3.63) is 0 Å². The van der Waals surface area contributed by atoms with Gasteiger partial charge in [0.05, 0.1) is 0 Å². The van der Waals surface area contributed by atoms with Gasteiger partial charge in [-0.3, -0.25) is 0 Å². The van der Waals surface area contributed by atoms with Crippen molar-refractivity contribution in [3.8, 4) is 0 Å². The molecule has 0 amide bonds. The highest BCUT2D eigenvalue weighted by Gasteiger charge is 2.25. The third-order valence-electron chi connectivity index (χ3n) is 2.35. The molecule has 80 valence electrons. The summed E-state index contributed by atoms with van der Waals surface area (Å²) < 4.78 is 6.06. The maximum atomic E-state index is 6.06. The zero-order chi connectivity index (χ0) is 10.3. The molecule has 1 unspecified atom stereocenters. The van der Waals surface area contributed by atoms with Crippen LogP contribution in [0.15, 0.2) is 0 Å². The van der Waals surface area contributed by atoms with Gasteiger partial charge in [0.25, 0.3) is 0 Å². The van der Waals surface area contributed by atoms with Crippen molar-refractivity contribution in [1.82, 2.24) is 0 Å². The Morgan fingerprint density at radius 2 is 2.00 bits per heavy atom. The number of alkyl halides is 1. The summed E-state index contributed by atoms with van der Waals surface area (Å²) in [5.41, 5.74) is 0. The van der Waals surface area contributed by atoms with Crippen LogP contribution in [0, 0.1) is 5.92 Å². The Morgan fingerprint density at radius 1 is 1.38 bits per heavy atom. The van der Waals surface area contributed by atoms with Gasteiger partial charge < -0.3 is 4.43 Å². The van der Waals surface area contributed by atoms with E-state index in [1.54, 1.807) is 0 Å². The Kier molecular flexibility index (Phi) is 7.37. The summed E-state index contributed by atoms with van der Waals surface area (Å²) in [5, 5.41) is 1.11. The van der Waals surface area contributed by atoms with Gasteiger partial charge in [-0.15, -0.1) is 0 Å². The largest absolute Gasteiger partial charge is 0.417 e. The summed E-state index contributed by atoms with van der Waals surface area (Å²) >= 11 is 3.48. The quantitative estimate of drug-likeness (QED) is 0.499. The van der Waals surface area contributed by atoms with Gasteiger partial charge >= 0.3 is 0 Å². The SMILES string of the molecule is CC[Si](C)(CCCBr)OCC(C)C. The second-order valence-electron chi connectivity index (χ2n) is 4.30. The molecule has 0 aromatic carbocycles. The van der Waals surface area contributed by atoms with Gasteiger partial charge in [0, 0.05) is 11.9 Å². The molecule has 0 spiro atoms. The van der Waals surface area contributed by atoms with Crippen molar-refractivity contribution in [1.29, 1.82) is 0 Å². The fraction of sp³-hybridized carbons (Fsp3) is 1.00. The normalized spacial score (nSPS) is 16.2. The minimum absolute atomic E-state index is 0.669. The first-order chi connectivity index (χ1) is 6.04. The predicted octanol–water partition coefficient (Wildman–Crippen LogP) is 4.04. The van der Waals surface area contributed by atoms with Crippen LogP contribution in [0.2, 0.25) is 18.6 Å². The van der Waals surface area contributed by atoms with Crippen molar-refractivity contribution in [2.45, 2.75) is 45.8 Å². The number of hydrogen-bond acceptors (Lipinski definition) is 1. The number of halogens is 1. The van der Waals surface area contributed by atoms with E-state index in [9.17, 15) is 0 Å². The molecule has 0 saturated carbocycles. The number of rotatable bonds is 7. The molecular weight excluding hydrogens is 244 g/mol. The van der Waals surface area contributed by atoms with E-state index in [4.69, 9.17) is 4.43 Å². The molecule has 0 fully saturated rings. The molecule has 0 aromatic heterocycles. The van der Waals surface area contributed by atoms with E-state index in [1.807, 2.05) is 0 Å². The molecule has 0 aromatic rings. The third kappa shape index (κ3) is 6.69. The fourth-order valence-corrected chi connectivity index (χ4v) is 4.32. The van der Waals surface area contributed by atoms with E-state index in [2.05, 4.69) is 43.2 Å². The monoisotopic (exact) mass is 266 g/mol. The first-order valence-electron chi connectivity index (χ1n) is 5.24. The summed E-state index contributed by atoms with van der Waals surface area (Å²) in [6, 6.07) is 2.54. The van der Waals surface area contributed by atoms with Gasteiger partial charge in [0.1, 0.15) is 0 Å². The Morgan fingerprint density at radius 3 is 2.38 bits per heavy atom. The van der Waals surface area contributed by atoms with Gasteiger partial charge in [-0.05, 0) is 31.0 Å². The molecule has 0 N–H and O–H groups in total. The van der Waals surface area contributed by atoms with Gasteiger partial charge in [0.15, 0.2) is 8.32 Å². The Balaban J connectivity index is 3.81. The Hall–Kier alpha value is 0.657. The van der Waals surface area contributed by atoms with E-state index < -0.39 is 8.32 Å². The van der Waals surface area contributed by atoms with Gasteiger partial charge in [0.2, 0.25) is 0 Å². The zero-order valence-corrected chi connectivity index (χ0v) is 12.0. The van der Waals surface area contributed by atoms with E-state index in [0.717, 1.165) is 11.9 Å². The molecule has 0 aliphatic heterocycles. The molecule has 0 aliphatic rings. The average Bonchev–Trinajstić information content (AvgIpc) is 2.11. The lowest BCUT2D eigenvalue weighted by molar-refractivity contribution is 0.257. The average molecular weight is 267 g/mol. The second kappa shape index (κ2) is 7.02. The first-order valence-corrected chi connectivity index (χ1v) is 9.18. The topological polar surface area (TPSA) is 9.23 Å². The van der Waals surface area contributed by atoms with Crippen LogP contribution in [0.1, 0.15) is 27.2 Å². The van der Waals surface area contributed by atoms with Crippen molar-refractivity contribution in [3.63, 3.8) is 0 Å². The van der Waals surface area contributed by atoms with Crippen LogP contribution in [0.5, 0.6) is 0 Å². The lowest BCUT2D eigenvalue weighted by Crippen LogP contribution is -2.34. The van der Waals surface area contributed by atoms with Gasteiger partial charge in [-0.2, -0.15) is 0 Å². The summed E-state index contributed by atoms with van der Waals surface area (Å²) in [6.45, 7) is 10.0. The molecule has 0 heterocycles. The molecule has 1 nitrogen and oxygen atoms in total. The molecule has 0 aliphatic carbocycles. The molecule has 0 rings (SSSR count). The van der Waals surface area contributed by atoms with Crippen LogP contribution < -0.4 is 0 Å². The van der Waals surface area contributed by atoms with Crippen molar-refractivity contribution >= 4 is 24.2 Å². The van der Waals surface area contributed by atoms with Crippen LogP contribution >= 0.6 is 15.9 Å². The Labute approximate surface area is 92.5 Å². The highest BCUT2D eigenvalue weighted by Crippen LogP contribution is 2.20. The lowest BCUT2D eigenvalue weighted by atomic mass is 10.2. The summed E-state index contributed by atoms with van der Waals surface area (Å²) in [5.74, 6) is 0.669. The minimum atomic E-state index is -1.34. The fourth-order valence-electron chi connectivity index (χ4n) is 1.16. The van der Waals surface area contributed by atoms with Crippen LogP contribution in [-0.4, -0.2) is 20.3 Å². The predicted molar refractivity (Wildman–Crippen MR) is 66.1 cm³/mol. The molecule has 3 heteroatoms. The molecule has 0 bridgehead atoms. The summed E-state index contributed by atoms with van der Waals surface area (Å²) in [7, 11) is -1.34. The van der Waals surface area contributed by atoms with Gasteiger partial charge in [-0.25, -0.2) is 0 Å². The van der Waals surface area contributed by atoms with Gasteiger partial charge in [-0.1, -0.05) is 36.7 Å². The van der Waals surface area contributed by atoms with Crippen molar-refractivity contribution in [2.75, 3.05) is 11.9 Å². The highest BCUT2D eigenvalue weighted by molar-refractivity contribution is 9.09. The molecule has 0 radical (unpaired) electrons. The van der Waals surface area contributed by atoms with Crippen molar-refractivity contribution < 1.29 is 4.43 Å². The van der Waals surface area contributed by atoms with Crippen molar-refractivity contribution in [2.24, 2.45) is 5.92 Å². The highest BCUT2D eigenvalue weighted by atomic mass is 79.9. The van der Waals surface area contributed by atoms with Crippen LogP contribution in [0.4, 0.5) is 0 Å². The van der Waals surface area contributed by atoms with E-state index in [0.29, 0.717) is 5.92 Å². The maximum absolute atomic E-state index is 6.06. The van der Waals surface area contributed by atoms with Crippen LogP contribution in [0.3, 0.4) is 0 Å². The molecule has 13 heavy (non-hydrogen) atoms. The van der Waals surface area contributed by atoms with Crippen LogP contribution in [-0.2, 0) is 4.43 Å². The first kappa shape index (κ1) is 13.7. The zero-order valence-electron chi connectivity index (χ0n) is 9.40. The number of hydrogen-bond donors (Lipinski definition) is 0. The van der Waals surface area contributed by atoms with E-state index >= 15 is 0 Å². The summed E-state index contributed by atoms with van der Waals surface area (Å²) in [6.07, 6.45) is 1.26. The standard InChI is InChI=1S/C10H23BrOSi/c1-5-13(4,8-6-7-11)12-9-10(2)3/h10H,5-9H2,1-4H3. The minimum Gasteiger partial charge on any atom is -0.417 e. The summed E-state index contributed by atoms with van der Waals surface area (Å²) in [4.78, 5) is 0. The molecule has 1 atom stereocenters. The Bertz CT molecular complexity index is 130. The van der Waals surface area contributed by atoms with E-state index in [-0.39, 0.29) is 0 Å². The lowest BCUT2D eigenvalue weighted by Gasteiger charge is -2.26. The maximum Gasteiger partial charge on any atom is 0.189 e. The van der Waals surface area contributed by atoms with Crippen LogP contribution in [0.25, 0.3) is 0 Å². The van der Waals surface area contributed by atoms with E-state index in [1.165, 1.54) is 18.5 Å². The second-order valence-corrected chi connectivity index (χ2v) is 9.49. The molecular formula is C10H23BrOSi. The molecule has 0 saturated heterocycles. The smallest absolute Gasteiger partial charge is 0.189 e. The third-order valence-corrected chi connectivity index (χ3v) is 6.68.